The Morgan fingerprint density at radius 2 is 1.94 bits per heavy atom. The van der Waals surface area contributed by atoms with E-state index in [4.69, 9.17) is 4.74 Å². The molecule has 0 bridgehead atoms. The smallest absolute Gasteiger partial charge is 0.319 e. The van der Waals surface area contributed by atoms with E-state index in [-0.39, 0.29) is 11.8 Å². The van der Waals surface area contributed by atoms with Gasteiger partial charge in [-0.25, -0.2) is 0 Å². The predicted octanol–water partition coefficient (Wildman–Crippen LogP) is 2.11. The van der Waals surface area contributed by atoms with Crippen LogP contribution in [0.15, 0.2) is 23.4 Å². The summed E-state index contributed by atoms with van der Waals surface area (Å²) in [5.74, 6) is -0.344. The number of ether oxygens (including phenoxy) is 1. The summed E-state index contributed by atoms with van der Waals surface area (Å²) in [6.07, 6.45) is 4.71. The van der Waals surface area contributed by atoms with E-state index in [9.17, 15) is 9.59 Å². The van der Waals surface area contributed by atoms with Crippen LogP contribution < -0.4 is 0 Å². The van der Waals surface area contributed by atoms with E-state index >= 15 is 0 Å². The van der Waals surface area contributed by atoms with Crippen LogP contribution in [0.25, 0.3) is 0 Å². The van der Waals surface area contributed by atoms with E-state index in [1.54, 1.807) is 12.2 Å². The minimum Gasteiger partial charge on any atom is -0.468 e. The Morgan fingerprint density at radius 1 is 1.38 bits per heavy atom. The Hall–Kier alpha value is -1.16. The fraction of sp³-hybridized carbons (Fsp3) is 0.500. The summed E-state index contributed by atoms with van der Waals surface area (Å²) in [4.78, 5) is 23.3. The molecule has 0 fully saturated rings. The predicted molar refractivity (Wildman–Crippen MR) is 65.7 cm³/mol. The molecule has 0 amide bonds. The molecule has 0 saturated carbocycles. The average Bonchev–Trinajstić information content (AvgIpc) is 2.19. The summed E-state index contributed by atoms with van der Waals surface area (Å²) in [7, 11) is -0.350. The van der Waals surface area contributed by atoms with Crippen molar-refractivity contribution in [1.29, 1.82) is 0 Å². The van der Waals surface area contributed by atoms with Crippen molar-refractivity contribution in [2.75, 3.05) is 7.11 Å². The van der Waals surface area contributed by atoms with Gasteiger partial charge in [0.15, 0.2) is 5.78 Å². The summed E-state index contributed by atoms with van der Waals surface area (Å²) in [5.41, 5.74) is -0.771. The highest BCUT2D eigenvalue weighted by Crippen LogP contribution is 2.38. The molecule has 1 atom stereocenters. The monoisotopic (exact) mass is 238 g/mol. The molecule has 88 valence electrons. The summed E-state index contributed by atoms with van der Waals surface area (Å²) in [6, 6.07) is 0. The van der Waals surface area contributed by atoms with Crippen molar-refractivity contribution in [3.63, 3.8) is 0 Å². The standard InChI is InChI=1S/C12H18O3Si/c1-12(11(14)15-2)7-6-9(13)8-10(12)16(3,4)5/h6-8H,1-5H3. The molecule has 0 aliphatic heterocycles. The molecule has 0 saturated heterocycles. The van der Waals surface area contributed by atoms with Crippen molar-refractivity contribution in [2.45, 2.75) is 26.6 Å². The minimum atomic E-state index is -1.72. The van der Waals surface area contributed by atoms with Gasteiger partial charge in [-0.05, 0) is 19.1 Å². The maximum absolute atomic E-state index is 11.8. The van der Waals surface area contributed by atoms with E-state index < -0.39 is 13.5 Å². The van der Waals surface area contributed by atoms with Gasteiger partial charge in [0.25, 0.3) is 0 Å². The Bertz CT molecular complexity index is 388. The molecule has 4 heteroatoms. The van der Waals surface area contributed by atoms with Gasteiger partial charge < -0.3 is 4.74 Å². The first-order chi connectivity index (χ1) is 7.21. The van der Waals surface area contributed by atoms with Crippen LogP contribution in [0, 0.1) is 5.41 Å². The van der Waals surface area contributed by atoms with Crippen molar-refractivity contribution in [3.05, 3.63) is 23.4 Å². The van der Waals surface area contributed by atoms with Gasteiger partial charge in [-0.2, -0.15) is 0 Å². The van der Waals surface area contributed by atoms with Crippen molar-refractivity contribution in [2.24, 2.45) is 5.41 Å². The first-order valence-corrected chi connectivity index (χ1v) is 8.76. The summed E-state index contributed by atoms with van der Waals surface area (Å²) < 4.78 is 4.83. The van der Waals surface area contributed by atoms with Gasteiger partial charge in [-0.15, -0.1) is 0 Å². The number of ketones is 1. The number of carbonyl (C=O) groups is 2. The number of carbonyl (C=O) groups excluding carboxylic acids is 2. The maximum atomic E-state index is 11.8. The number of esters is 1. The largest absolute Gasteiger partial charge is 0.468 e. The van der Waals surface area contributed by atoms with E-state index in [0.29, 0.717) is 0 Å². The molecule has 0 aromatic carbocycles. The van der Waals surface area contributed by atoms with Crippen LogP contribution in [-0.4, -0.2) is 26.9 Å². The normalized spacial score (nSPS) is 25.3. The van der Waals surface area contributed by atoms with Crippen molar-refractivity contribution >= 4 is 19.8 Å². The second-order valence-electron chi connectivity index (χ2n) is 5.24. The van der Waals surface area contributed by atoms with E-state index in [2.05, 4.69) is 19.6 Å². The first-order valence-electron chi connectivity index (χ1n) is 5.26. The van der Waals surface area contributed by atoms with Crippen molar-refractivity contribution in [3.8, 4) is 0 Å². The molecule has 1 unspecified atom stereocenters. The van der Waals surface area contributed by atoms with Crippen LogP contribution in [0.2, 0.25) is 19.6 Å². The molecule has 0 heterocycles. The van der Waals surface area contributed by atoms with Crippen molar-refractivity contribution < 1.29 is 14.3 Å². The molecule has 1 aliphatic rings. The second kappa shape index (κ2) is 4.01. The zero-order valence-electron chi connectivity index (χ0n) is 10.5. The SMILES string of the molecule is COC(=O)C1(C)C=CC(=O)C=C1[Si](C)(C)C. The lowest BCUT2D eigenvalue weighted by Gasteiger charge is -2.35. The van der Waals surface area contributed by atoms with E-state index in [0.717, 1.165) is 5.20 Å². The molecule has 0 N–H and O–H groups in total. The lowest BCUT2D eigenvalue weighted by atomic mass is 9.85. The third-order valence-electron chi connectivity index (χ3n) is 2.84. The molecule has 16 heavy (non-hydrogen) atoms. The van der Waals surface area contributed by atoms with E-state index in [1.807, 2.05) is 6.92 Å². The average molecular weight is 238 g/mol. The molecule has 0 aromatic heterocycles. The van der Waals surface area contributed by atoms with Gasteiger partial charge >= 0.3 is 5.97 Å². The van der Waals surface area contributed by atoms with Gasteiger partial charge in [0.05, 0.1) is 15.2 Å². The number of rotatable bonds is 2. The molecule has 0 spiro atoms. The Kier molecular flexibility index (Phi) is 3.24. The van der Waals surface area contributed by atoms with Crippen LogP contribution >= 0.6 is 0 Å². The van der Waals surface area contributed by atoms with Crippen LogP contribution in [0.5, 0.6) is 0 Å². The van der Waals surface area contributed by atoms with Gasteiger partial charge in [0.1, 0.15) is 5.41 Å². The molecule has 1 rings (SSSR count). The lowest BCUT2D eigenvalue weighted by Crippen LogP contribution is -2.42. The minimum absolute atomic E-state index is 0.0428. The van der Waals surface area contributed by atoms with Crippen LogP contribution in [0.3, 0.4) is 0 Å². The summed E-state index contributed by atoms with van der Waals surface area (Å²) in [6.45, 7) is 8.16. The quantitative estimate of drug-likeness (QED) is 0.546. The van der Waals surface area contributed by atoms with Gasteiger partial charge in [-0.1, -0.05) is 30.9 Å². The highest BCUT2D eigenvalue weighted by Gasteiger charge is 2.43. The fourth-order valence-corrected chi connectivity index (χ4v) is 4.38. The number of allylic oxidation sites excluding steroid dienone is 2. The highest BCUT2D eigenvalue weighted by atomic mass is 28.3. The number of hydrogen-bond acceptors (Lipinski definition) is 3. The fourth-order valence-electron chi connectivity index (χ4n) is 2.06. The number of hydrogen-bond donors (Lipinski definition) is 0. The zero-order valence-corrected chi connectivity index (χ0v) is 11.5. The summed E-state index contributed by atoms with van der Waals surface area (Å²) in [5, 5.41) is 0.930. The Morgan fingerprint density at radius 3 is 2.38 bits per heavy atom. The van der Waals surface area contributed by atoms with E-state index in [1.165, 1.54) is 13.2 Å². The van der Waals surface area contributed by atoms with Crippen LogP contribution in [-0.2, 0) is 14.3 Å². The third kappa shape index (κ3) is 2.16. The number of methoxy groups -OCH3 is 1. The summed E-state index contributed by atoms with van der Waals surface area (Å²) >= 11 is 0. The first kappa shape index (κ1) is 12.9. The van der Waals surface area contributed by atoms with Gasteiger partial charge in [0.2, 0.25) is 0 Å². The zero-order chi connectivity index (χ0) is 12.6. The topological polar surface area (TPSA) is 43.4 Å². The molecule has 0 aromatic rings. The Balaban J connectivity index is 3.29. The highest BCUT2D eigenvalue weighted by molar-refractivity contribution is 6.84. The van der Waals surface area contributed by atoms with Crippen LogP contribution in [0.1, 0.15) is 6.92 Å². The van der Waals surface area contributed by atoms with Crippen LogP contribution in [0.4, 0.5) is 0 Å². The molecule has 3 nitrogen and oxygen atoms in total. The lowest BCUT2D eigenvalue weighted by molar-refractivity contribution is -0.146. The van der Waals surface area contributed by atoms with Gasteiger partial charge in [-0.3, -0.25) is 9.59 Å². The Labute approximate surface area is 97.2 Å². The molecular formula is C12H18O3Si. The molecule has 0 radical (unpaired) electrons. The second-order valence-corrected chi connectivity index (χ2v) is 10.3. The van der Waals surface area contributed by atoms with Gasteiger partial charge in [0, 0.05) is 0 Å². The third-order valence-corrected chi connectivity index (χ3v) is 5.12. The maximum Gasteiger partial charge on any atom is 0.319 e. The van der Waals surface area contributed by atoms with Crippen molar-refractivity contribution in [1.82, 2.24) is 0 Å². The molecule has 1 aliphatic carbocycles. The molecular weight excluding hydrogens is 220 g/mol.